The summed E-state index contributed by atoms with van der Waals surface area (Å²) in [5.74, 6) is 0.783. The second-order valence-electron chi connectivity index (χ2n) is 5.30. The van der Waals surface area contributed by atoms with Gasteiger partial charge in [0.15, 0.2) is 11.5 Å². The van der Waals surface area contributed by atoms with Crippen molar-refractivity contribution in [1.82, 2.24) is 0 Å². The van der Waals surface area contributed by atoms with E-state index in [2.05, 4.69) is 10.5 Å². The predicted molar refractivity (Wildman–Crippen MR) is 91.9 cm³/mol. The van der Waals surface area contributed by atoms with Gasteiger partial charge in [0.05, 0.1) is 0 Å². The molecule has 25 heavy (non-hydrogen) atoms. The number of rotatable bonds is 6. The minimum Gasteiger partial charge on any atom is -0.486 e. The Hall–Kier alpha value is -3.06. The van der Waals surface area contributed by atoms with E-state index < -0.39 is 12.0 Å². The minimum atomic E-state index is -0.806. The highest BCUT2D eigenvalue weighted by Crippen LogP contribution is 2.32. The van der Waals surface area contributed by atoms with Gasteiger partial charge in [-0.1, -0.05) is 35.5 Å². The number of aliphatic hydroxyl groups is 1. The summed E-state index contributed by atoms with van der Waals surface area (Å²) < 4.78 is 10.9. The van der Waals surface area contributed by atoms with E-state index in [1.165, 1.54) is 0 Å². The van der Waals surface area contributed by atoms with Gasteiger partial charge in [-0.3, -0.25) is 4.79 Å². The van der Waals surface area contributed by atoms with Gasteiger partial charge in [-0.2, -0.15) is 0 Å². The molecule has 1 amide bonds. The third-order valence-electron chi connectivity index (χ3n) is 3.47. The Balaban J connectivity index is 1.47. The highest BCUT2D eigenvalue weighted by molar-refractivity contribution is 6.31. The number of nitrogens with one attached hydrogen (secondary N) is 1. The molecule has 1 heterocycles. The van der Waals surface area contributed by atoms with Gasteiger partial charge in [-0.15, -0.1) is 0 Å². The van der Waals surface area contributed by atoms with E-state index in [0.717, 1.165) is 11.8 Å². The summed E-state index contributed by atoms with van der Waals surface area (Å²) in [5, 5.41) is 16.1. The topological polar surface area (TPSA) is 89.4 Å². The Bertz CT molecular complexity index is 748. The molecule has 0 aromatic heterocycles. The molecule has 7 heteroatoms. The molecular formula is C18H18N2O5. The highest BCUT2D eigenvalue weighted by Gasteiger charge is 2.12. The van der Waals surface area contributed by atoms with Crippen LogP contribution in [0, 0.1) is 0 Å². The maximum absolute atomic E-state index is 11.8. The van der Waals surface area contributed by atoms with Crippen LogP contribution in [0.15, 0.2) is 53.7 Å². The number of hydrogen-bond acceptors (Lipinski definition) is 6. The number of benzene rings is 2. The molecular weight excluding hydrogens is 324 g/mol. The fourth-order valence-electron chi connectivity index (χ4n) is 2.27. The Morgan fingerprint density at radius 1 is 1.20 bits per heavy atom. The van der Waals surface area contributed by atoms with Gasteiger partial charge in [-0.25, -0.2) is 0 Å². The van der Waals surface area contributed by atoms with Gasteiger partial charge >= 0.3 is 0 Å². The van der Waals surface area contributed by atoms with Gasteiger partial charge in [0.25, 0.3) is 5.91 Å². The molecule has 0 fully saturated rings. The van der Waals surface area contributed by atoms with Gasteiger partial charge < -0.3 is 24.7 Å². The Kier molecular flexibility index (Phi) is 5.48. The summed E-state index contributed by atoms with van der Waals surface area (Å²) in [4.78, 5) is 16.8. The van der Waals surface area contributed by atoms with Crippen LogP contribution in [0.5, 0.6) is 11.5 Å². The average Bonchev–Trinajstić information content (AvgIpc) is 2.65. The third-order valence-corrected chi connectivity index (χ3v) is 3.47. The summed E-state index contributed by atoms with van der Waals surface area (Å²) in [7, 11) is 0. The average molecular weight is 342 g/mol. The van der Waals surface area contributed by atoms with Crippen LogP contribution in [0.1, 0.15) is 11.7 Å². The minimum absolute atomic E-state index is 0.0438. The number of aliphatic hydroxyl groups excluding tert-OH is 1. The summed E-state index contributed by atoms with van der Waals surface area (Å²) in [6, 6.07) is 14.2. The lowest BCUT2D eigenvalue weighted by Crippen LogP contribution is -2.17. The molecule has 0 saturated carbocycles. The van der Waals surface area contributed by atoms with E-state index in [4.69, 9.17) is 14.3 Å². The van der Waals surface area contributed by atoms with E-state index in [9.17, 15) is 9.90 Å². The molecule has 1 aliphatic rings. The fourth-order valence-corrected chi connectivity index (χ4v) is 2.27. The van der Waals surface area contributed by atoms with Crippen molar-refractivity contribution in [2.75, 3.05) is 25.1 Å². The summed E-state index contributed by atoms with van der Waals surface area (Å²) in [5.41, 5.74) is 1.28. The van der Waals surface area contributed by atoms with Gasteiger partial charge in [0.1, 0.15) is 32.1 Å². The number of oxime groups is 1. The lowest BCUT2D eigenvalue weighted by atomic mass is 10.1. The molecule has 0 aliphatic carbocycles. The van der Waals surface area contributed by atoms with Crippen molar-refractivity contribution < 1.29 is 24.2 Å². The van der Waals surface area contributed by atoms with Crippen molar-refractivity contribution >= 4 is 17.8 Å². The first-order valence-electron chi connectivity index (χ1n) is 7.81. The van der Waals surface area contributed by atoms with Crippen molar-refractivity contribution in [3.05, 3.63) is 54.1 Å². The Morgan fingerprint density at radius 3 is 2.76 bits per heavy atom. The van der Waals surface area contributed by atoms with Gasteiger partial charge in [0, 0.05) is 11.8 Å². The summed E-state index contributed by atoms with van der Waals surface area (Å²) in [6.07, 6.45) is 0.202. The Labute approximate surface area is 144 Å². The van der Waals surface area contributed by atoms with Crippen LogP contribution >= 0.6 is 0 Å². The van der Waals surface area contributed by atoms with E-state index >= 15 is 0 Å². The number of carbonyl (C=O) groups excluding carboxylic acids is 1. The zero-order valence-electron chi connectivity index (χ0n) is 13.4. The van der Waals surface area contributed by atoms with Gasteiger partial charge in [-0.05, 0) is 17.7 Å². The largest absolute Gasteiger partial charge is 0.486 e. The predicted octanol–water partition coefficient (Wildman–Crippen LogP) is 2.13. The van der Waals surface area contributed by atoms with Crippen LogP contribution in [0.25, 0.3) is 0 Å². The number of ether oxygens (including phenoxy) is 2. The smallest absolute Gasteiger partial charge is 0.270 e. The van der Waals surface area contributed by atoms with Crippen LogP contribution in [0.3, 0.4) is 0 Å². The molecule has 1 aliphatic heterocycles. The van der Waals surface area contributed by atoms with E-state index in [1.807, 2.05) is 18.2 Å². The van der Waals surface area contributed by atoms with Gasteiger partial charge in [0.2, 0.25) is 0 Å². The number of amides is 1. The van der Waals surface area contributed by atoms with Crippen LogP contribution < -0.4 is 14.8 Å². The van der Waals surface area contributed by atoms with Crippen LogP contribution in [-0.4, -0.2) is 37.0 Å². The second-order valence-corrected chi connectivity index (χ2v) is 5.30. The first kappa shape index (κ1) is 16.8. The molecule has 0 radical (unpaired) electrons. The molecule has 3 rings (SSSR count). The quantitative estimate of drug-likeness (QED) is 0.620. The molecule has 0 saturated heterocycles. The number of anilines is 1. The summed E-state index contributed by atoms with van der Waals surface area (Å²) >= 11 is 0. The molecule has 1 unspecified atom stereocenters. The second kappa shape index (κ2) is 8.16. The molecule has 130 valence electrons. The first-order chi connectivity index (χ1) is 12.2. The van der Waals surface area contributed by atoms with E-state index in [0.29, 0.717) is 30.4 Å². The van der Waals surface area contributed by atoms with Crippen molar-refractivity contribution in [3.63, 3.8) is 0 Å². The molecule has 7 nitrogen and oxygen atoms in total. The molecule has 2 aromatic rings. The number of fused-ring (bicyclic) bond motifs is 1. The molecule has 2 N–H and O–H groups in total. The maximum atomic E-state index is 11.8. The van der Waals surface area contributed by atoms with Crippen LogP contribution in [0.2, 0.25) is 0 Å². The number of carbonyl (C=O) groups is 1. The first-order valence-corrected chi connectivity index (χ1v) is 7.81. The standard InChI is InChI=1S/C18H18N2O5/c21-15(13-4-2-1-3-5-13)12-25-19-11-18(22)20-14-6-7-16-17(10-14)24-9-8-23-16/h1-7,10-11,15,21H,8-9,12H2,(H,20,22). The van der Waals surface area contributed by atoms with Crippen molar-refractivity contribution in [3.8, 4) is 11.5 Å². The molecule has 1 atom stereocenters. The molecule has 2 aromatic carbocycles. The van der Waals surface area contributed by atoms with E-state index in [1.54, 1.807) is 30.3 Å². The SMILES string of the molecule is O=C(C=NOCC(O)c1ccccc1)Nc1ccc2c(c1)OCCO2. The van der Waals surface area contributed by atoms with Crippen molar-refractivity contribution in [2.45, 2.75) is 6.10 Å². The van der Waals surface area contributed by atoms with Crippen LogP contribution in [-0.2, 0) is 9.63 Å². The highest BCUT2D eigenvalue weighted by atomic mass is 16.6. The zero-order valence-corrected chi connectivity index (χ0v) is 13.4. The number of nitrogens with zero attached hydrogens (tertiary/aromatic N) is 1. The summed E-state index contributed by atoms with van der Waals surface area (Å²) in [6.45, 7) is 0.943. The molecule has 0 spiro atoms. The van der Waals surface area contributed by atoms with Crippen LogP contribution in [0.4, 0.5) is 5.69 Å². The normalized spacial score (nSPS) is 14.1. The fraction of sp³-hybridized carbons (Fsp3) is 0.222. The monoisotopic (exact) mass is 342 g/mol. The third kappa shape index (κ3) is 4.71. The van der Waals surface area contributed by atoms with Crippen molar-refractivity contribution in [2.24, 2.45) is 5.16 Å². The van der Waals surface area contributed by atoms with E-state index in [-0.39, 0.29) is 6.61 Å². The van der Waals surface area contributed by atoms with Crippen molar-refractivity contribution in [1.29, 1.82) is 0 Å². The zero-order chi connectivity index (χ0) is 17.5. The lowest BCUT2D eigenvalue weighted by molar-refractivity contribution is -0.110. The Morgan fingerprint density at radius 2 is 1.96 bits per heavy atom. The molecule has 0 bridgehead atoms. The maximum Gasteiger partial charge on any atom is 0.270 e. The number of hydrogen-bond donors (Lipinski definition) is 2. The lowest BCUT2D eigenvalue weighted by Gasteiger charge is -2.18.